The van der Waals surface area contributed by atoms with Gasteiger partial charge in [-0.1, -0.05) is 0 Å². The molecule has 6 heteroatoms. The molecule has 1 atom stereocenters. The molecular formula is C17H21N5O. The summed E-state index contributed by atoms with van der Waals surface area (Å²) in [4.78, 5) is 23.5. The van der Waals surface area contributed by atoms with Crippen LogP contribution in [0.4, 0.5) is 0 Å². The molecule has 2 aliphatic rings. The number of piperidine rings is 1. The Labute approximate surface area is 135 Å². The van der Waals surface area contributed by atoms with Crippen LogP contribution < -0.4 is 0 Å². The van der Waals surface area contributed by atoms with Crippen molar-refractivity contribution in [2.45, 2.75) is 44.9 Å². The Hall–Kier alpha value is -2.24. The van der Waals surface area contributed by atoms with Crippen LogP contribution in [0, 0.1) is 6.92 Å². The van der Waals surface area contributed by atoms with Gasteiger partial charge in [0.2, 0.25) is 0 Å². The van der Waals surface area contributed by atoms with Crippen molar-refractivity contribution in [3.8, 4) is 0 Å². The number of aryl methyl sites for hydroxylation is 2. The average molecular weight is 311 g/mol. The fraction of sp³-hybridized carbons (Fsp3) is 0.529. The zero-order chi connectivity index (χ0) is 15.8. The average Bonchev–Trinajstić information content (AvgIpc) is 3.18. The molecule has 0 spiro atoms. The Morgan fingerprint density at radius 2 is 2.26 bits per heavy atom. The Kier molecular flexibility index (Phi) is 3.59. The lowest BCUT2D eigenvalue weighted by molar-refractivity contribution is 0.0698. The van der Waals surface area contributed by atoms with Gasteiger partial charge in [-0.05, 0) is 45.1 Å². The quantitative estimate of drug-likeness (QED) is 0.920. The van der Waals surface area contributed by atoms with Crippen LogP contribution in [0.5, 0.6) is 0 Å². The SMILES string of the molecule is Cc1nccc([C@H]2CCCN(C(=O)c3n[nH]c4c3CCC4)C2)n1. The summed E-state index contributed by atoms with van der Waals surface area (Å²) in [5, 5.41) is 7.32. The first-order chi connectivity index (χ1) is 11.2. The number of carbonyl (C=O) groups is 1. The Balaban J connectivity index is 1.54. The van der Waals surface area contributed by atoms with E-state index in [9.17, 15) is 4.79 Å². The van der Waals surface area contributed by atoms with Crippen molar-refractivity contribution in [3.05, 3.63) is 40.7 Å². The van der Waals surface area contributed by atoms with Crippen LogP contribution >= 0.6 is 0 Å². The molecule has 2 aromatic heterocycles. The first-order valence-electron chi connectivity index (χ1n) is 8.37. The lowest BCUT2D eigenvalue weighted by atomic mass is 9.94. The minimum atomic E-state index is 0.0693. The smallest absolute Gasteiger partial charge is 0.274 e. The molecule has 4 rings (SSSR count). The number of nitrogens with one attached hydrogen (secondary N) is 1. The molecule has 120 valence electrons. The molecule has 1 aliphatic heterocycles. The number of hydrogen-bond acceptors (Lipinski definition) is 4. The summed E-state index contributed by atoms with van der Waals surface area (Å²) in [7, 11) is 0. The maximum atomic E-state index is 12.9. The number of rotatable bonds is 2. The molecule has 0 radical (unpaired) electrons. The zero-order valence-corrected chi connectivity index (χ0v) is 13.4. The molecule has 3 heterocycles. The van der Waals surface area contributed by atoms with Gasteiger partial charge < -0.3 is 4.90 Å². The van der Waals surface area contributed by atoms with Crippen LogP contribution in [-0.4, -0.2) is 44.1 Å². The van der Waals surface area contributed by atoms with E-state index in [4.69, 9.17) is 0 Å². The number of amides is 1. The Bertz CT molecular complexity index is 738. The van der Waals surface area contributed by atoms with E-state index in [0.717, 1.165) is 68.0 Å². The van der Waals surface area contributed by atoms with Gasteiger partial charge in [0.25, 0.3) is 5.91 Å². The van der Waals surface area contributed by atoms with Crippen molar-refractivity contribution < 1.29 is 4.79 Å². The molecular weight excluding hydrogens is 290 g/mol. The fourth-order valence-electron chi connectivity index (χ4n) is 3.75. The molecule has 6 nitrogen and oxygen atoms in total. The number of carbonyl (C=O) groups excluding carboxylic acids is 1. The fourth-order valence-corrected chi connectivity index (χ4v) is 3.75. The number of nitrogens with zero attached hydrogens (tertiary/aromatic N) is 4. The summed E-state index contributed by atoms with van der Waals surface area (Å²) in [5.41, 5.74) is 3.96. The second kappa shape index (κ2) is 5.76. The highest BCUT2D eigenvalue weighted by Gasteiger charge is 2.30. The van der Waals surface area contributed by atoms with Crippen molar-refractivity contribution in [2.24, 2.45) is 0 Å². The van der Waals surface area contributed by atoms with Crippen LogP contribution in [0.3, 0.4) is 0 Å². The summed E-state index contributed by atoms with van der Waals surface area (Å²) < 4.78 is 0. The minimum absolute atomic E-state index is 0.0693. The molecule has 1 amide bonds. The number of H-pyrrole nitrogens is 1. The first-order valence-corrected chi connectivity index (χ1v) is 8.37. The van der Waals surface area contributed by atoms with E-state index in [-0.39, 0.29) is 5.91 Å². The lowest BCUT2D eigenvalue weighted by Crippen LogP contribution is -2.39. The van der Waals surface area contributed by atoms with Crippen molar-refractivity contribution in [1.29, 1.82) is 0 Å². The molecule has 1 aliphatic carbocycles. The summed E-state index contributed by atoms with van der Waals surface area (Å²) in [6.07, 6.45) is 6.98. The number of likely N-dealkylation sites (tertiary alicyclic amines) is 1. The third-order valence-corrected chi connectivity index (χ3v) is 4.93. The number of aromatic amines is 1. The van der Waals surface area contributed by atoms with E-state index in [2.05, 4.69) is 20.2 Å². The van der Waals surface area contributed by atoms with E-state index in [1.165, 1.54) is 0 Å². The minimum Gasteiger partial charge on any atom is -0.337 e. The van der Waals surface area contributed by atoms with Gasteiger partial charge in [0, 0.05) is 42.2 Å². The van der Waals surface area contributed by atoms with E-state index < -0.39 is 0 Å². The van der Waals surface area contributed by atoms with E-state index in [0.29, 0.717) is 11.6 Å². The molecule has 0 unspecified atom stereocenters. The van der Waals surface area contributed by atoms with E-state index in [1.54, 1.807) is 6.20 Å². The molecule has 1 N–H and O–H groups in total. The second-order valence-corrected chi connectivity index (χ2v) is 6.50. The number of aromatic nitrogens is 4. The third-order valence-electron chi connectivity index (χ3n) is 4.93. The predicted molar refractivity (Wildman–Crippen MR) is 85.3 cm³/mol. The van der Waals surface area contributed by atoms with Gasteiger partial charge in [0.1, 0.15) is 5.82 Å². The zero-order valence-electron chi connectivity index (χ0n) is 13.4. The summed E-state index contributed by atoms with van der Waals surface area (Å²) in [6.45, 7) is 3.43. The van der Waals surface area contributed by atoms with Crippen molar-refractivity contribution in [1.82, 2.24) is 25.1 Å². The molecule has 0 saturated carbocycles. The normalized spacial score (nSPS) is 20.6. The standard InChI is InChI=1S/C17H21N5O/c1-11-18-8-7-14(19-11)12-4-3-9-22(10-12)17(23)16-13-5-2-6-15(13)20-21-16/h7-8,12H,2-6,9-10H2,1H3,(H,20,21)/t12-/m0/s1. The van der Waals surface area contributed by atoms with Gasteiger partial charge in [-0.15, -0.1) is 0 Å². The monoisotopic (exact) mass is 311 g/mol. The number of fused-ring (bicyclic) bond motifs is 1. The topological polar surface area (TPSA) is 74.8 Å². The van der Waals surface area contributed by atoms with Crippen LogP contribution in [-0.2, 0) is 12.8 Å². The Morgan fingerprint density at radius 3 is 3.13 bits per heavy atom. The highest BCUT2D eigenvalue weighted by atomic mass is 16.2. The molecule has 0 aromatic carbocycles. The van der Waals surface area contributed by atoms with Gasteiger partial charge in [-0.25, -0.2) is 9.97 Å². The molecule has 1 fully saturated rings. The van der Waals surface area contributed by atoms with Crippen molar-refractivity contribution in [3.63, 3.8) is 0 Å². The van der Waals surface area contributed by atoms with Crippen molar-refractivity contribution >= 4 is 5.91 Å². The maximum absolute atomic E-state index is 12.9. The summed E-state index contributed by atoms with van der Waals surface area (Å²) >= 11 is 0. The molecule has 1 saturated heterocycles. The van der Waals surface area contributed by atoms with Crippen molar-refractivity contribution in [2.75, 3.05) is 13.1 Å². The van der Waals surface area contributed by atoms with Crippen LogP contribution in [0.25, 0.3) is 0 Å². The van der Waals surface area contributed by atoms with Crippen LogP contribution in [0.1, 0.15) is 58.4 Å². The number of hydrogen-bond donors (Lipinski definition) is 1. The van der Waals surface area contributed by atoms with E-state index in [1.807, 2.05) is 17.9 Å². The molecule has 23 heavy (non-hydrogen) atoms. The van der Waals surface area contributed by atoms with E-state index >= 15 is 0 Å². The molecule has 0 bridgehead atoms. The van der Waals surface area contributed by atoms with Crippen LogP contribution in [0.2, 0.25) is 0 Å². The largest absolute Gasteiger partial charge is 0.337 e. The van der Waals surface area contributed by atoms with Gasteiger partial charge in [-0.2, -0.15) is 5.10 Å². The van der Waals surface area contributed by atoms with Gasteiger partial charge in [0.15, 0.2) is 5.69 Å². The van der Waals surface area contributed by atoms with Gasteiger partial charge in [0.05, 0.1) is 0 Å². The highest BCUT2D eigenvalue weighted by molar-refractivity contribution is 5.94. The molecule has 2 aromatic rings. The van der Waals surface area contributed by atoms with Crippen LogP contribution in [0.15, 0.2) is 12.3 Å². The van der Waals surface area contributed by atoms with Gasteiger partial charge >= 0.3 is 0 Å². The van der Waals surface area contributed by atoms with Gasteiger partial charge in [-0.3, -0.25) is 9.89 Å². The highest BCUT2D eigenvalue weighted by Crippen LogP contribution is 2.28. The lowest BCUT2D eigenvalue weighted by Gasteiger charge is -2.32. The maximum Gasteiger partial charge on any atom is 0.274 e. The first kappa shape index (κ1) is 14.4. The summed E-state index contributed by atoms with van der Waals surface area (Å²) in [5.74, 6) is 1.15. The second-order valence-electron chi connectivity index (χ2n) is 6.50. The Morgan fingerprint density at radius 1 is 1.35 bits per heavy atom. The summed E-state index contributed by atoms with van der Waals surface area (Å²) in [6, 6.07) is 1.97. The third kappa shape index (κ3) is 2.62. The predicted octanol–water partition coefficient (Wildman–Crippen LogP) is 2.02.